The topological polar surface area (TPSA) is 45.7 Å². The summed E-state index contributed by atoms with van der Waals surface area (Å²) in [4.78, 5) is 20.7. The summed E-state index contributed by atoms with van der Waals surface area (Å²) in [7, 11) is 1.83. The maximum absolute atomic E-state index is 12.0. The van der Waals surface area contributed by atoms with Gasteiger partial charge in [-0.15, -0.1) is 11.3 Å². The number of nitrogens with zero attached hydrogens (tertiary/aromatic N) is 3. The quantitative estimate of drug-likeness (QED) is 0.714. The minimum atomic E-state index is -0.103. The van der Waals surface area contributed by atoms with E-state index < -0.39 is 0 Å². The number of aromatic nitrogens is 1. The summed E-state index contributed by atoms with van der Waals surface area (Å²) in [6.45, 7) is 6.99. The molecule has 7 heteroatoms. The number of hydrogen-bond acceptors (Lipinski definition) is 5. The first-order chi connectivity index (χ1) is 10.1. The molecule has 1 aliphatic heterocycles. The Morgan fingerprint density at radius 2 is 2.29 bits per heavy atom. The molecule has 0 aromatic carbocycles. The zero-order valence-corrected chi connectivity index (χ0v) is 15.0. The van der Waals surface area contributed by atoms with Crippen LogP contribution in [0.4, 0.5) is 0 Å². The molecular weight excluding hydrogens is 354 g/mol. The molecule has 118 valence electrons. The van der Waals surface area contributed by atoms with Crippen LogP contribution in [0, 0.1) is 0 Å². The molecular formula is C14H22BrN3O2S. The predicted molar refractivity (Wildman–Crippen MR) is 87.7 cm³/mol. The van der Waals surface area contributed by atoms with Gasteiger partial charge in [0, 0.05) is 25.5 Å². The Labute approximate surface area is 138 Å². The fourth-order valence-electron chi connectivity index (χ4n) is 2.18. The maximum Gasteiger partial charge on any atom is 0.236 e. The molecule has 1 fully saturated rings. The number of ether oxygens (including phenoxy) is 1. The van der Waals surface area contributed by atoms with Gasteiger partial charge in [-0.3, -0.25) is 9.69 Å². The molecule has 0 N–H and O–H groups in total. The van der Waals surface area contributed by atoms with Gasteiger partial charge in [-0.1, -0.05) is 22.9 Å². The van der Waals surface area contributed by atoms with Crippen molar-refractivity contribution in [2.24, 2.45) is 0 Å². The molecule has 1 amide bonds. The van der Waals surface area contributed by atoms with E-state index in [0.29, 0.717) is 6.54 Å². The van der Waals surface area contributed by atoms with Crippen LogP contribution >= 0.6 is 27.3 Å². The van der Waals surface area contributed by atoms with Crippen LogP contribution in [0.3, 0.4) is 0 Å². The van der Waals surface area contributed by atoms with Crippen LogP contribution in [0.1, 0.15) is 24.0 Å². The molecule has 1 saturated heterocycles. The van der Waals surface area contributed by atoms with Gasteiger partial charge in [0.15, 0.2) is 0 Å². The number of hydrogen-bond donors (Lipinski definition) is 0. The van der Waals surface area contributed by atoms with E-state index in [9.17, 15) is 4.79 Å². The first-order valence-corrected chi connectivity index (χ1v) is 9.02. The standard InChI is InChI=1S/C14H22BrN3O2S/c1-3-12(15)14(19)17(2)8-11-10-21-13(16-11)9-18-4-6-20-7-5-18/h10,12H,3-9H2,1-2H3. The van der Waals surface area contributed by atoms with Gasteiger partial charge in [0.2, 0.25) is 5.91 Å². The molecule has 1 aromatic rings. The number of thiazole rings is 1. The van der Waals surface area contributed by atoms with Crippen LogP contribution in [0.2, 0.25) is 0 Å². The molecule has 0 saturated carbocycles. The molecule has 2 heterocycles. The largest absolute Gasteiger partial charge is 0.379 e. The van der Waals surface area contributed by atoms with Gasteiger partial charge in [-0.25, -0.2) is 4.98 Å². The van der Waals surface area contributed by atoms with Crippen molar-refractivity contribution in [2.45, 2.75) is 31.3 Å². The van der Waals surface area contributed by atoms with Crippen molar-refractivity contribution in [2.75, 3.05) is 33.4 Å². The second-order valence-electron chi connectivity index (χ2n) is 5.19. The van der Waals surface area contributed by atoms with E-state index in [1.54, 1.807) is 16.2 Å². The van der Waals surface area contributed by atoms with Crippen LogP contribution < -0.4 is 0 Å². The fraction of sp³-hybridized carbons (Fsp3) is 0.714. The molecule has 1 aliphatic rings. The Bertz CT molecular complexity index is 463. The number of morpholine rings is 1. The Kier molecular flexibility index (Phi) is 6.60. The van der Waals surface area contributed by atoms with Crippen LogP contribution in [0.25, 0.3) is 0 Å². The normalized spacial score (nSPS) is 17.7. The van der Waals surface area contributed by atoms with E-state index in [4.69, 9.17) is 4.74 Å². The van der Waals surface area contributed by atoms with Crippen molar-refractivity contribution in [1.82, 2.24) is 14.8 Å². The predicted octanol–water partition coefficient (Wildman–Crippen LogP) is 2.11. The number of carbonyl (C=O) groups is 1. The second kappa shape index (κ2) is 8.22. The van der Waals surface area contributed by atoms with Crippen molar-refractivity contribution >= 4 is 33.2 Å². The first kappa shape index (κ1) is 16.9. The fourth-order valence-corrected chi connectivity index (χ4v) is 3.36. The number of amides is 1. The SMILES string of the molecule is CCC(Br)C(=O)N(C)Cc1csc(CN2CCOCC2)n1. The lowest BCUT2D eigenvalue weighted by Gasteiger charge is -2.25. The zero-order chi connectivity index (χ0) is 15.2. The summed E-state index contributed by atoms with van der Waals surface area (Å²) in [5.41, 5.74) is 0.968. The third-order valence-electron chi connectivity index (χ3n) is 3.46. The van der Waals surface area contributed by atoms with E-state index in [-0.39, 0.29) is 10.7 Å². The lowest BCUT2D eigenvalue weighted by Crippen LogP contribution is -2.35. The number of carbonyl (C=O) groups excluding carboxylic acids is 1. The lowest BCUT2D eigenvalue weighted by molar-refractivity contribution is -0.129. The van der Waals surface area contributed by atoms with Crippen molar-refractivity contribution in [3.63, 3.8) is 0 Å². The van der Waals surface area contributed by atoms with Crippen molar-refractivity contribution in [3.05, 3.63) is 16.1 Å². The van der Waals surface area contributed by atoms with Gasteiger partial charge >= 0.3 is 0 Å². The Balaban J connectivity index is 1.86. The number of halogens is 1. The zero-order valence-electron chi connectivity index (χ0n) is 12.5. The van der Waals surface area contributed by atoms with Crippen molar-refractivity contribution in [3.8, 4) is 0 Å². The third-order valence-corrected chi connectivity index (χ3v) is 5.39. The van der Waals surface area contributed by atoms with Gasteiger partial charge in [-0.05, 0) is 6.42 Å². The van der Waals surface area contributed by atoms with Crippen molar-refractivity contribution in [1.29, 1.82) is 0 Å². The molecule has 1 atom stereocenters. The summed E-state index contributed by atoms with van der Waals surface area (Å²) in [5.74, 6) is 0.111. The molecule has 1 unspecified atom stereocenters. The number of rotatable bonds is 6. The second-order valence-corrected chi connectivity index (χ2v) is 7.24. The highest BCUT2D eigenvalue weighted by Gasteiger charge is 2.18. The van der Waals surface area contributed by atoms with E-state index >= 15 is 0 Å². The minimum absolute atomic E-state index is 0.103. The highest BCUT2D eigenvalue weighted by Crippen LogP contribution is 2.16. The smallest absolute Gasteiger partial charge is 0.236 e. The molecule has 0 aliphatic carbocycles. The van der Waals surface area contributed by atoms with E-state index in [1.165, 1.54) is 0 Å². The van der Waals surface area contributed by atoms with Gasteiger partial charge in [0.1, 0.15) is 5.01 Å². The molecule has 0 bridgehead atoms. The molecule has 0 radical (unpaired) electrons. The highest BCUT2D eigenvalue weighted by atomic mass is 79.9. The third kappa shape index (κ3) is 5.02. The average Bonchev–Trinajstić information content (AvgIpc) is 2.93. The summed E-state index contributed by atoms with van der Waals surface area (Å²) in [6, 6.07) is 0. The maximum atomic E-state index is 12.0. The van der Waals surface area contributed by atoms with Gasteiger partial charge < -0.3 is 9.64 Å². The Hall–Kier alpha value is -0.500. The average molecular weight is 376 g/mol. The van der Waals surface area contributed by atoms with Gasteiger partial charge in [-0.2, -0.15) is 0 Å². The molecule has 5 nitrogen and oxygen atoms in total. The summed E-state index contributed by atoms with van der Waals surface area (Å²) in [5, 5.41) is 3.16. The van der Waals surface area contributed by atoms with Crippen molar-refractivity contribution < 1.29 is 9.53 Å². The van der Waals surface area contributed by atoms with E-state index in [0.717, 1.165) is 50.0 Å². The Morgan fingerprint density at radius 1 is 1.57 bits per heavy atom. The van der Waals surface area contributed by atoms with Gasteiger partial charge in [0.25, 0.3) is 0 Å². The lowest BCUT2D eigenvalue weighted by atomic mass is 10.3. The molecule has 2 rings (SSSR count). The minimum Gasteiger partial charge on any atom is -0.379 e. The highest BCUT2D eigenvalue weighted by molar-refractivity contribution is 9.10. The van der Waals surface area contributed by atoms with Crippen LogP contribution in [0.15, 0.2) is 5.38 Å². The molecule has 1 aromatic heterocycles. The van der Waals surface area contributed by atoms with Gasteiger partial charge in [0.05, 0.1) is 36.8 Å². The van der Waals surface area contributed by atoms with Crippen LogP contribution in [-0.4, -0.2) is 58.9 Å². The Morgan fingerprint density at radius 3 is 2.95 bits per heavy atom. The molecule has 21 heavy (non-hydrogen) atoms. The van der Waals surface area contributed by atoms with E-state index in [2.05, 4.69) is 31.2 Å². The van der Waals surface area contributed by atoms with E-state index in [1.807, 2.05) is 14.0 Å². The monoisotopic (exact) mass is 375 g/mol. The first-order valence-electron chi connectivity index (χ1n) is 7.22. The summed E-state index contributed by atoms with van der Waals surface area (Å²) in [6.07, 6.45) is 0.794. The summed E-state index contributed by atoms with van der Waals surface area (Å²) < 4.78 is 5.35. The van der Waals surface area contributed by atoms with Crippen LogP contribution in [-0.2, 0) is 22.6 Å². The number of alkyl halides is 1. The van der Waals surface area contributed by atoms with Crippen LogP contribution in [0.5, 0.6) is 0 Å². The molecule has 0 spiro atoms. The summed E-state index contributed by atoms with van der Waals surface area (Å²) >= 11 is 5.07.